The third kappa shape index (κ3) is 3.19. The van der Waals surface area contributed by atoms with E-state index in [1.807, 2.05) is 24.3 Å². The first-order valence-corrected chi connectivity index (χ1v) is 6.03. The first kappa shape index (κ1) is 12.4. The molecule has 1 aliphatic heterocycles. The Morgan fingerprint density at radius 1 is 1.35 bits per heavy atom. The van der Waals surface area contributed by atoms with Crippen LogP contribution in [0.2, 0.25) is 0 Å². The lowest BCUT2D eigenvalue weighted by molar-refractivity contribution is -0.0585. The van der Waals surface area contributed by atoms with Gasteiger partial charge in [0.25, 0.3) is 0 Å². The molecule has 1 aromatic carbocycles. The largest absolute Gasteiger partial charge is 0.494 e. The first-order valence-electron chi connectivity index (χ1n) is 6.03. The number of rotatable bonds is 5. The maximum Gasteiger partial charge on any atom is 0.184 e. The molecule has 0 spiro atoms. The van der Waals surface area contributed by atoms with Crippen molar-refractivity contribution >= 4 is 0 Å². The van der Waals surface area contributed by atoms with Crippen LogP contribution in [0.5, 0.6) is 5.75 Å². The molecule has 0 amide bonds. The monoisotopic (exact) mass is 237 g/mol. The predicted molar refractivity (Wildman–Crippen MR) is 64.8 cm³/mol. The molecule has 1 heterocycles. The summed E-state index contributed by atoms with van der Waals surface area (Å²) in [5.41, 5.74) is 6.53. The van der Waals surface area contributed by atoms with Crippen LogP contribution in [0.1, 0.15) is 25.2 Å². The summed E-state index contributed by atoms with van der Waals surface area (Å²) in [4.78, 5) is 0. The maximum atomic E-state index is 5.63. The van der Waals surface area contributed by atoms with Crippen molar-refractivity contribution < 1.29 is 14.2 Å². The van der Waals surface area contributed by atoms with Gasteiger partial charge in [0.15, 0.2) is 6.29 Å². The molecule has 0 saturated carbocycles. The molecule has 1 fully saturated rings. The SMILES string of the molecule is CCCOc1ccc(C2OCC(CN)O2)cc1. The Morgan fingerprint density at radius 2 is 2.12 bits per heavy atom. The summed E-state index contributed by atoms with van der Waals surface area (Å²) in [5, 5.41) is 0. The zero-order chi connectivity index (χ0) is 12.1. The molecule has 0 radical (unpaired) electrons. The summed E-state index contributed by atoms with van der Waals surface area (Å²) in [6.45, 7) is 3.88. The van der Waals surface area contributed by atoms with Crippen LogP contribution in [-0.2, 0) is 9.47 Å². The van der Waals surface area contributed by atoms with Crippen LogP contribution < -0.4 is 10.5 Å². The van der Waals surface area contributed by atoms with Gasteiger partial charge in [0.05, 0.1) is 19.3 Å². The van der Waals surface area contributed by atoms with Gasteiger partial charge in [0, 0.05) is 12.1 Å². The molecular weight excluding hydrogens is 218 g/mol. The number of benzene rings is 1. The van der Waals surface area contributed by atoms with E-state index < -0.39 is 0 Å². The molecule has 2 rings (SSSR count). The Balaban J connectivity index is 1.94. The molecular formula is C13H19NO3. The Labute approximate surface area is 102 Å². The second-order valence-corrected chi connectivity index (χ2v) is 4.08. The molecule has 1 aliphatic rings. The van der Waals surface area contributed by atoms with Gasteiger partial charge in [-0.1, -0.05) is 19.1 Å². The van der Waals surface area contributed by atoms with E-state index in [1.54, 1.807) is 0 Å². The molecule has 4 heteroatoms. The summed E-state index contributed by atoms with van der Waals surface area (Å²) in [6, 6.07) is 7.81. The topological polar surface area (TPSA) is 53.7 Å². The van der Waals surface area contributed by atoms with Crippen molar-refractivity contribution in [2.24, 2.45) is 5.73 Å². The summed E-state index contributed by atoms with van der Waals surface area (Å²) in [7, 11) is 0. The van der Waals surface area contributed by atoms with Crippen LogP contribution >= 0.6 is 0 Å². The van der Waals surface area contributed by atoms with Crippen LogP contribution in [0.3, 0.4) is 0 Å². The van der Waals surface area contributed by atoms with Gasteiger partial charge in [-0.05, 0) is 18.6 Å². The fraction of sp³-hybridized carbons (Fsp3) is 0.538. The quantitative estimate of drug-likeness (QED) is 0.849. The highest BCUT2D eigenvalue weighted by molar-refractivity contribution is 5.28. The minimum absolute atomic E-state index is 0.0102. The molecule has 1 saturated heterocycles. The fourth-order valence-corrected chi connectivity index (χ4v) is 1.69. The standard InChI is InChI=1S/C13H19NO3/c1-2-7-15-11-5-3-10(4-6-11)13-16-9-12(8-14)17-13/h3-6,12-13H,2,7-9,14H2,1H3. The molecule has 2 N–H and O–H groups in total. The van der Waals surface area contributed by atoms with Gasteiger partial charge in [-0.3, -0.25) is 0 Å². The minimum atomic E-state index is -0.288. The van der Waals surface area contributed by atoms with Crippen LogP contribution in [-0.4, -0.2) is 25.9 Å². The van der Waals surface area contributed by atoms with Gasteiger partial charge in [-0.25, -0.2) is 0 Å². The van der Waals surface area contributed by atoms with E-state index in [-0.39, 0.29) is 12.4 Å². The predicted octanol–water partition coefficient (Wildman–Crippen LogP) is 1.85. The van der Waals surface area contributed by atoms with Gasteiger partial charge in [-0.15, -0.1) is 0 Å². The van der Waals surface area contributed by atoms with E-state index in [0.29, 0.717) is 13.2 Å². The number of hydrogen-bond acceptors (Lipinski definition) is 4. The lowest BCUT2D eigenvalue weighted by atomic mass is 10.2. The van der Waals surface area contributed by atoms with Crippen molar-refractivity contribution in [3.63, 3.8) is 0 Å². The summed E-state index contributed by atoms with van der Waals surface area (Å²) < 4.78 is 16.7. The Hall–Kier alpha value is -1.10. The second kappa shape index (κ2) is 6.00. The van der Waals surface area contributed by atoms with Crippen LogP contribution in [0.25, 0.3) is 0 Å². The molecule has 0 bridgehead atoms. The number of hydrogen-bond donors (Lipinski definition) is 1. The van der Waals surface area contributed by atoms with E-state index in [4.69, 9.17) is 19.9 Å². The lowest BCUT2D eigenvalue weighted by Gasteiger charge is -2.11. The van der Waals surface area contributed by atoms with Gasteiger partial charge < -0.3 is 19.9 Å². The van der Waals surface area contributed by atoms with Crippen LogP contribution in [0.4, 0.5) is 0 Å². The Kier molecular flexibility index (Phi) is 4.36. The van der Waals surface area contributed by atoms with E-state index in [2.05, 4.69) is 6.92 Å². The molecule has 2 unspecified atom stereocenters. The number of ether oxygens (including phenoxy) is 3. The first-order chi connectivity index (χ1) is 8.33. The van der Waals surface area contributed by atoms with E-state index in [1.165, 1.54) is 0 Å². The van der Waals surface area contributed by atoms with Crippen molar-refractivity contribution in [3.05, 3.63) is 29.8 Å². The third-order valence-corrected chi connectivity index (χ3v) is 2.64. The zero-order valence-electron chi connectivity index (χ0n) is 10.1. The van der Waals surface area contributed by atoms with Gasteiger partial charge >= 0.3 is 0 Å². The highest BCUT2D eigenvalue weighted by Crippen LogP contribution is 2.27. The van der Waals surface area contributed by atoms with E-state index >= 15 is 0 Å². The lowest BCUT2D eigenvalue weighted by Crippen LogP contribution is -2.21. The molecule has 94 valence electrons. The summed E-state index contributed by atoms with van der Waals surface area (Å²) in [5.74, 6) is 0.879. The Morgan fingerprint density at radius 3 is 2.71 bits per heavy atom. The molecule has 4 nitrogen and oxygen atoms in total. The van der Waals surface area contributed by atoms with E-state index in [0.717, 1.165) is 24.3 Å². The maximum absolute atomic E-state index is 5.63. The average molecular weight is 237 g/mol. The van der Waals surface area contributed by atoms with Crippen molar-refractivity contribution in [3.8, 4) is 5.75 Å². The molecule has 17 heavy (non-hydrogen) atoms. The third-order valence-electron chi connectivity index (χ3n) is 2.64. The second-order valence-electron chi connectivity index (χ2n) is 4.08. The summed E-state index contributed by atoms with van der Waals surface area (Å²) in [6.07, 6.45) is 0.731. The minimum Gasteiger partial charge on any atom is -0.494 e. The molecule has 0 aromatic heterocycles. The normalized spacial score (nSPS) is 23.9. The van der Waals surface area contributed by atoms with Crippen LogP contribution in [0, 0.1) is 0 Å². The Bertz CT molecular complexity index is 339. The van der Waals surface area contributed by atoms with Gasteiger partial charge in [-0.2, -0.15) is 0 Å². The van der Waals surface area contributed by atoms with Crippen LogP contribution in [0.15, 0.2) is 24.3 Å². The van der Waals surface area contributed by atoms with Crippen molar-refractivity contribution in [2.75, 3.05) is 19.8 Å². The van der Waals surface area contributed by atoms with E-state index in [9.17, 15) is 0 Å². The molecule has 2 atom stereocenters. The zero-order valence-corrected chi connectivity index (χ0v) is 10.1. The van der Waals surface area contributed by atoms with Gasteiger partial charge in [0.2, 0.25) is 0 Å². The fourth-order valence-electron chi connectivity index (χ4n) is 1.69. The smallest absolute Gasteiger partial charge is 0.184 e. The molecule has 1 aromatic rings. The average Bonchev–Trinajstić information content (AvgIpc) is 2.86. The highest BCUT2D eigenvalue weighted by Gasteiger charge is 2.25. The summed E-state index contributed by atoms with van der Waals surface area (Å²) >= 11 is 0. The van der Waals surface area contributed by atoms with Crippen molar-refractivity contribution in [1.29, 1.82) is 0 Å². The molecule has 0 aliphatic carbocycles. The number of nitrogens with two attached hydrogens (primary N) is 1. The highest BCUT2D eigenvalue weighted by atomic mass is 16.7. The van der Waals surface area contributed by atoms with Crippen molar-refractivity contribution in [1.82, 2.24) is 0 Å². The van der Waals surface area contributed by atoms with Crippen molar-refractivity contribution in [2.45, 2.75) is 25.7 Å². The van der Waals surface area contributed by atoms with Gasteiger partial charge in [0.1, 0.15) is 5.75 Å².